The summed E-state index contributed by atoms with van der Waals surface area (Å²) in [4.78, 5) is 24.7. The molecule has 0 radical (unpaired) electrons. The van der Waals surface area contributed by atoms with E-state index in [9.17, 15) is 9.59 Å². The Hall–Kier alpha value is -1.46. The van der Waals surface area contributed by atoms with Crippen molar-refractivity contribution in [3.05, 3.63) is 44.3 Å². The Bertz CT molecular complexity index is 543. The molecule has 2 aromatic heterocycles. The second kappa shape index (κ2) is 5.93. The van der Waals surface area contributed by atoms with Gasteiger partial charge in [0.1, 0.15) is 0 Å². The predicted octanol–water partition coefficient (Wildman–Crippen LogP) is 2.87. The summed E-state index contributed by atoms with van der Waals surface area (Å²) in [5.41, 5.74) is 0.897. The second-order valence-electron chi connectivity index (χ2n) is 3.91. The number of carbonyl (C=O) groups is 2. The molecule has 3 nitrogen and oxygen atoms in total. The minimum absolute atomic E-state index is 0.0173. The first kappa shape index (κ1) is 13.0. The molecule has 2 heterocycles. The number of amides is 1. The van der Waals surface area contributed by atoms with E-state index < -0.39 is 0 Å². The van der Waals surface area contributed by atoms with Crippen LogP contribution in [0, 0.1) is 0 Å². The van der Waals surface area contributed by atoms with Gasteiger partial charge < -0.3 is 5.32 Å². The summed E-state index contributed by atoms with van der Waals surface area (Å²) < 4.78 is 0. The van der Waals surface area contributed by atoms with Crippen LogP contribution in [0.2, 0.25) is 0 Å². The third-order valence-corrected chi connectivity index (χ3v) is 4.36. The van der Waals surface area contributed by atoms with Crippen molar-refractivity contribution in [2.45, 2.75) is 19.9 Å². The monoisotopic (exact) mass is 279 g/mol. The summed E-state index contributed by atoms with van der Waals surface area (Å²) >= 11 is 3.01. The molecule has 0 aliphatic carbocycles. The zero-order valence-corrected chi connectivity index (χ0v) is 11.6. The van der Waals surface area contributed by atoms with Crippen molar-refractivity contribution in [2.24, 2.45) is 0 Å². The Balaban J connectivity index is 1.85. The first-order valence-corrected chi connectivity index (χ1v) is 7.28. The third kappa shape index (κ3) is 3.51. The molecule has 18 heavy (non-hydrogen) atoms. The van der Waals surface area contributed by atoms with E-state index in [2.05, 4.69) is 5.32 Å². The van der Waals surface area contributed by atoms with Crippen LogP contribution in [0.25, 0.3) is 0 Å². The zero-order valence-electron chi connectivity index (χ0n) is 9.93. The van der Waals surface area contributed by atoms with Crippen LogP contribution in [0.3, 0.4) is 0 Å². The van der Waals surface area contributed by atoms with Crippen LogP contribution < -0.4 is 5.32 Å². The van der Waals surface area contributed by atoms with Gasteiger partial charge in [0, 0.05) is 4.88 Å². The van der Waals surface area contributed by atoms with Crippen molar-refractivity contribution < 1.29 is 9.59 Å². The van der Waals surface area contributed by atoms with Gasteiger partial charge in [-0.2, -0.15) is 0 Å². The summed E-state index contributed by atoms with van der Waals surface area (Å²) in [5.74, 6) is 0.0292. The van der Waals surface area contributed by atoms with E-state index in [1.54, 1.807) is 17.4 Å². The molecular weight excluding hydrogens is 266 g/mol. The Kier molecular flexibility index (Phi) is 4.28. The van der Waals surface area contributed by atoms with E-state index in [0.29, 0.717) is 17.8 Å². The van der Waals surface area contributed by atoms with Gasteiger partial charge in [-0.25, -0.2) is 0 Å². The van der Waals surface area contributed by atoms with E-state index in [4.69, 9.17) is 0 Å². The summed E-state index contributed by atoms with van der Waals surface area (Å²) in [6.45, 7) is 2.10. The number of carbonyl (C=O) groups excluding carboxylic acids is 2. The zero-order chi connectivity index (χ0) is 13.0. The van der Waals surface area contributed by atoms with Gasteiger partial charge in [-0.1, -0.05) is 6.07 Å². The molecule has 0 aliphatic rings. The average molecular weight is 279 g/mol. The summed E-state index contributed by atoms with van der Waals surface area (Å²) in [6.07, 6.45) is 0.329. The third-order valence-electron chi connectivity index (χ3n) is 2.41. The Morgan fingerprint density at radius 1 is 1.33 bits per heavy atom. The Labute approximate surface area is 113 Å². The number of nitrogens with one attached hydrogen (secondary N) is 1. The second-order valence-corrected chi connectivity index (χ2v) is 5.85. The largest absolute Gasteiger partial charge is 0.351 e. The fraction of sp³-hybridized carbons (Fsp3) is 0.231. The predicted molar refractivity (Wildman–Crippen MR) is 74.2 cm³/mol. The van der Waals surface area contributed by atoms with Gasteiger partial charge >= 0.3 is 0 Å². The van der Waals surface area contributed by atoms with Crippen molar-refractivity contribution in [3.8, 4) is 0 Å². The molecule has 0 aromatic carbocycles. The molecular formula is C13H13NO2S2. The fourth-order valence-electron chi connectivity index (χ4n) is 1.50. The normalized spacial score (nSPS) is 10.3. The van der Waals surface area contributed by atoms with Crippen LogP contribution in [-0.4, -0.2) is 11.7 Å². The highest BCUT2D eigenvalue weighted by Crippen LogP contribution is 2.15. The highest BCUT2D eigenvalue weighted by Gasteiger charge is 2.08. The lowest BCUT2D eigenvalue weighted by atomic mass is 10.2. The maximum absolute atomic E-state index is 11.7. The maximum Gasteiger partial charge on any atom is 0.224 e. The lowest BCUT2D eigenvalue weighted by molar-refractivity contribution is -0.120. The lowest BCUT2D eigenvalue weighted by Crippen LogP contribution is -2.23. The SMILES string of the molecule is CC(=O)c1cc(CC(=O)NCc2cccs2)cs1. The quantitative estimate of drug-likeness (QED) is 0.855. The van der Waals surface area contributed by atoms with Gasteiger partial charge in [-0.3, -0.25) is 9.59 Å². The van der Waals surface area contributed by atoms with Gasteiger partial charge in [0.25, 0.3) is 0 Å². The van der Waals surface area contributed by atoms with Crippen molar-refractivity contribution in [1.29, 1.82) is 0 Å². The summed E-state index contributed by atoms with van der Waals surface area (Å²) in [7, 11) is 0. The molecule has 94 valence electrons. The molecule has 0 fully saturated rings. The smallest absolute Gasteiger partial charge is 0.224 e. The van der Waals surface area contributed by atoms with Crippen molar-refractivity contribution in [3.63, 3.8) is 0 Å². The van der Waals surface area contributed by atoms with E-state index in [-0.39, 0.29) is 11.7 Å². The molecule has 5 heteroatoms. The number of rotatable bonds is 5. The minimum Gasteiger partial charge on any atom is -0.351 e. The maximum atomic E-state index is 11.7. The molecule has 0 unspecified atom stereocenters. The highest BCUT2D eigenvalue weighted by atomic mass is 32.1. The van der Waals surface area contributed by atoms with Gasteiger partial charge in [0.15, 0.2) is 5.78 Å². The molecule has 0 spiro atoms. The molecule has 0 saturated heterocycles. The number of Topliss-reactive ketones (excluding diaryl/α,β-unsaturated/α-hetero) is 1. The number of hydrogen-bond acceptors (Lipinski definition) is 4. The molecule has 1 amide bonds. The number of hydrogen-bond donors (Lipinski definition) is 1. The molecule has 2 rings (SSSR count). The van der Waals surface area contributed by atoms with Crippen molar-refractivity contribution in [2.75, 3.05) is 0 Å². The Morgan fingerprint density at radius 2 is 2.17 bits per heavy atom. The van der Waals surface area contributed by atoms with Crippen LogP contribution in [0.4, 0.5) is 0 Å². The fourth-order valence-corrected chi connectivity index (χ4v) is 2.96. The Morgan fingerprint density at radius 3 is 2.78 bits per heavy atom. The van der Waals surface area contributed by atoms with Crippen molar-refractivity contribution in [1.82, 2.24) is 5.32 Å². The summed E-state index contributed by atoms with van der Waals surface area (Å²) in [5, 5.41) is 6.71. The van der Waals surface area contributed by atoms with Crippen LogP contribution in [0.1, 0.15) is 27.0 Å². The van der Waals surface area contributed by atoms with Crippen LogP contribution in [-0.2, 0) is 17.8 Å². The van der Waals surface area contributed by atoms with E-state index >= 15 is 0 Å². The number of thiophene rings is 2. The summed E-state index contributed by atoms with van der Waals surface area (Å²) in [6, 6.07) is 5.74. The van der Waals surface area contributed by atoms with Crippen LogP contribution >= 0.6 is 22.7 Å². The molecule has 0 bridgehead atoms. The van der Waals surface area contributed by atoms with Crippen molar-refractivity contribution >= 4 is 34.4 Å². The average Bonchev–Trinajstić information content (AvgIpc) is 2.96. The van der Waals surface area contributed by atoms with Gasteiger partial charge in [-0.05, 0) is 35.4 Å². The standard InChI is InChI=1S/C13H13NO2S2/c1-9(15)12-5-10(8-18-12)6-13(16)14-7-11-3-2-4-17-11/h2-5,8H,6-7H2,1H3,(H,14,16). The number of ketones is 1. The van der Waals surface area contributed by atoms with Gasteiger partial charge in [0.2, 0.25) is 5.91 Å². The first-order valence-electron chi connectivity index (χ1n) is 5.52. The molecule has 0 saturated carbocycles. The van der Waals surface area contributed by atoms with Crippen LogP contribution in [0.15, 0.2) is 29.0 Å². The highest BCUT2D eigenvalue weighted by molar-refractivity contribution is 7.12. The topological polar surface area (TPSA) is 46.2 Å². The molecule has 0 atom stereocenters. The first-order chi connectivity index (χ1) is 8.65. The van der Waals surface area contributed by atoms with Gasteiger partial charge in [-0.15, -0.1) is 22.7 Å². The van der Waals surface area contributed by atoms with E-state index in [1.807, 2.05) is 22.9 Å². The van der Waals surface area contributed by atoms with E-state index in [1.165, 1.54) is 18.3 Å². The molecule has 1 N–H and O–H groups in total. The molecule has 0 aliphatic heterocycles. The lowest BCUT2D eigenvalue weighted by Gasteiger charge is -2.01. The van der Waals surface area contributed by atoms with E-state index in [0.717, 1.165) is 10.4 Å². The van der Waals surface area contributed by atoms with Gasteiger partial charge in [0.05, 0.1) is 17.8 Å². The molecule has 2 aromatic rings. The van der Waals surface area contributed by atoms with Crippen LogP contribution in [0.5, 0.6) is 0 Å². The minimum atomic E-state index is -0.0173.